The molecule has 0 bridgehead atoms. The molecule has 1 aromatic rings. The average Bonchev–Trinajstić information content (AvgIpc) is 2.63. The minimum Gasteiger partial charge on any atom is -0.371 e. The number of nitrogens with zero attached hydrogens (tertiary/aromatic N) is 1. The molecule has 0 amide bonds. The molecule has 0 spiro atoms. The van der Waals surface area contributed by atoms with Gasteiger partial charge in [-0.2, -0.15) is 0 Å². The van der Waals surface area contributed by atoms with E-state index in [1.807, 2.05) is 0 Å². The van der Waals surface area contributed by atoms with E-state index in [4.69, 9.17) is 16.3 Å². The molecule has 1 saturated heterocycles. The number of ether oxygens (including phenoxy) is 1. The average molecular weight is 233 g/mol. The monoisotopic (exact) mass is 232 g/mol. The fraction of sp³-hybridized carbons (Fsp3) is 0.667. The molecule has 5 heteroatoms. The standard InChI is InChI=1S/C9H13ClN2OS/c10-9-12-5-8(14-9)6-13-7-2-1-3-11-4-7/h5,7,11H,1-4,6H2/t7-/m1/s1. The van der Waals surface area contributed by atoms with Crippen LogP contribution >= 0.6 is 22.9 Å². The molecule has 1 atom stereocenters. The van der Waals surface area contributed by atoms with Gasteiger partial charge in [0.05, 0.1) is 17.6 Å². The van der Waals surface area contributed by atoms with Gasteiger partial charge in [-0.05, 0) is 19.4 Å². The molecule has 0 saturated carbocycles. The maximum atomic E-state index is 5.73. The van der Waals surface area contributed by atoms with Gasteiger partial charge in [-0.3, -0.25) is 0 Å². The Morgan fingerprint density at radius 1 is 1.71 bits per heavy atom. The first kappa shape index (κ1) is 10.4. The van der Waals surface area contributed by atoms with Gasteiger partial charge < -0.3 is 10.1 Å². The van der Waals surface area contributed by atoms with Gasteiger partial charge in [0, 0.05) is 12.7 Å². The van der Waals surface area contributed by atoms with Crippen molar-refractivity contribution in [1.29, 1.82) is 0 Å². The highest BCUT2D eigenvalue weighted by molar-refractivity contribution is 7.15. The SMILES string of the molecule is Clc1ncc(CO[C@@H]2CCCNC2)s1. The molecule has 1 aromatic heterocycles. The lowest BCUT2D eigenvalue weighted by molar-refractivity contribution is 0.0266. The van der Waals surface area contributed by atoms with Gasteiger partial charge in [-0.25, -0.2) is 4.98 Å². The quantitative estimate of drug-likeness (QED) is 0.867. The summed E-state index contributed by atoms with van der Waals surface area (Å²) in [7, 11) is 0. The third-order valence-electron chi connectivity index (χ3n) is 2.24. The largest absolute Gasteiger partial charge is 0.371 e. The molecule has 0 radical (unpaired) electrons. The molecule has 14 heavy (non-hydrogen) atoms. The second-order valence-electron chi connectivity index (χ2n) is 3.36. The number of hydrogen-bond acceptors (Lipinski definition) is 4. The van der Waals surface area contributed by atoms with Crippen molar-refractivity contribution in [2.24, 2.45) is 0 Å². The Morgan fingerprint density at radius 3 is 3.29 bits per heavy atom. The van der Waals surface area contributed by atoms with Gasteiger partial charge in [0.25, 0.3) is 0 Å². The van der Waals surface area contributed by atoms with Gasteiger partial charge in [-0.15, -0.1) is 11.3 Å². The Bertz CT molecular complexity index is 286. The highest BCUT2D eigenvalue weighted by Crippen LogP contribution is 2.19. The number of nitrogens with one attached hydrogen (secondary N) is 1. The normalized spacial score (nSPS) is 22.5. The fourth-order valence-electron chi connectivity index (χ4n) is 1.51. The van der Waals surface area contributed by atoms with Gasteiger partial charge >= 0.3 is 0 Å². The van der Waals surface area contributed by atoms with Crippen LogP contribution in [0, 0.1) is 0 Å². The Hall–Kier alpha value is -0.160. The maximum Gasteiger partial charge on any atom is 0.183 e. The molecule has 3 nitrogen and oxygen atoms in total. The van der Waals surface area contributed by atoms with E-state index in [0.29, 0.717) is 17.2 Å². The summed E-state index contributed by atoms with van der Waals surface area (Å²) in [5, 5.41) is 3.31. The van der Waals surface area contributed by atoms with E-state index in [1.54, 1.807) is 6.20 Å². The van der Waals surface area contributed by atoms with Crippen molar-refractivity contribution in [2.45, 2.75) is 25.6 Å². The third-order valence-corrected chi connectivity index (χ3v) is 3.33. The van der Waals surface area contributed by atoms with Gasteiger partial charge in [0.1, 0.15) is 0 Å². The number of thiazole rings is 1. The highest BCUT2D eigenvalue weighted by atomic mass is 35.5. The van der Waals surface area contributed by atoms with E-state index in [0.717, 1.165) is 24.4 Å². The van der Waals surface area contributed by atoms with Crippen molar-refractivity contribution in [2.75, 3.05) is 13.1 Å². The van der Waals surface area contributed by atoms with Crippen molar-refractivity contribution >= 4 is 22.9 Å². The number of halogens is 1. The minimum atomic E-state index is 0.352. The molecule has 0 aliphatic carbocycles. The van der Waals surface area contributed by atoms with Crippen molar-refractivity contribution in [3.05, 3.63) is 15.5 Å². The van der Waals surface area contributed by atoms with Crippen LogP contribution in [0.15, 0.2) is 6.20 Å². The molecule has 0 aromatic carbocycles. The minimum absolute atomic E-state index is 0.352. The van der Waals surface area contributed by atoms with E-state index < -0.39 is 0 Å². The van der Waals surface area contributed by atoms with Crippen LogP contribution in [0.3, 0.4) is 0 Å². The first-order chi connectivity index (χ1) is 6.84. The zero-order valence-electron chi connectivity index (χ0n) is 7.83. The van der Waals surface area contributed by atoms with E-state index in [-0.39, 0.29) is 0 Å². The lowest BCUT2D eigenvalue weighted by Gasteiger charge is -2.22. The van der Waals surface area contributed by atoms with Crippen LogP contribution in [0.2, 0.25) is 4.47 Å². The number of aromatic nitrogens is 1. The van der Waals surface area contributed by atoms with Gasteiger partial charge in [0.15, 0.2) is 4.47 Å². The summed E-state index contributed by atoms with van der Waals surface area (Å²) in [5.41, 5.74) is 0. The molecule has 2 heterocycles. The predicted molar refractivity (Wildman–Crippen MR) is 57.8 cm³/mol. The smallest absolute Gasteiger partial charge is 0.183 e. The molecule has 1 aliphatic rings. The summed E-state index contributed by atoms with van der Waals surface area (Å²) in [5.74, 6) is 0. The Labute approximate surface area is 92.4 Å². The van der Waals surface area contributed by atoms with Crippen LogP contribution in [-0.4, -0.2) is 24.2 Å². The number of rotatable bonds is 3. The van der Waals surface area contributed by atoms with Crippen molar-refractivity contribution in [3.8, 4) is 0 Å². The van der Waals surface area contributed by atoms with Gasteiger partial charge in [0.2, 0.25) is 0 Å². The Kier molecular flexibility index (Phi) is 3.75. The Morgan fingerprint density at radius 2 is 2.64 bits per heavy atom. The van der Waals surface area contributed by atoms with Crippen molar-refractivity contribution < 1.29 is 4.74 Å². The van der Waals surface area contributed by atoms with Crippen molar-refractivity contribution in [1.82, 2.24) is 10.3 Å². The fourth-order valence-corrected chi connectivity index (χ4v) is 2.41. The summed E-state index contributed by atoms with van der Waals surface area (Å²) in [6.07, 6.45) is 4.49. The van der Waals surface area contributed by atoms with E-state index in [1.165, 1.54) is 17.8 Å². The van der Waals surface area contributed by atoms with Crippen LogP contribution in [0.5, 0.6) is 0 Å². The van der Waals surface area contributed by atoms with Crippen LogP contribution in [0.25, 0.3) is 0 Å². The topological polar surface area (TPSA) is 34.1 Å². The van der Waals surface area contributed by atoms with Crippen molar-refractivity contribution in [3.63, 3.8) is 0 Å². The van der Waals surface area contributed by atoms with Crippen LogP contribution in [0.4, 0.5) is 0 Å². The summed E-state index contributed by atoms with van der Waals surface area (Å²) >= 11 is 7.21. The Balaban J connectivity index is 1.76. The molecular formula is C9H13ClN2OS. The maximum absolute atomic E-state index is 5.73. The zero-order valence-corrected chi connectivity index (χ0v) is 9.40. The van der Waals surface area contributed by atoms with E-state index >= 15 is 0 Å². The summed E-state index contributed by atoms with van der Waals surface area (Å²) in [6, 6.07) is 0. The first-order valence-electron chi connectivity index (χ1n) is 4.77. The molecule has 1 N–H and O–H groups in total. The summed E-state index contributed by atoms with van der Waals surface area (Å²) < 4.78 is 6.32. The molecule has 1 aliphatic heterocycles. The molecule has 2 rings (SSSR count). The lowest BCUT2D eigenvalue weighted by Crippen LogP contribution is -2.35. The summed E-state index contributed by atoms with van der Waals surface area (Å²) in [4.78, 5) is 5.07. The number of hydrogen-bond donors (Lipinski definition) is 1. The van der Waals surface area contributed by atoms with E-state index in [2.05, 4.69) is 10.3 Å². The van der Waals surface area contributed by atoms with Crippen LogP contribution < -0.4 is 5.32 Å². The molecule has 0 unspecified atom stereocenters. The second-order valence-corrected chi connectivity index (χ2v) is 5.06. The molecule has 78 valence electrons. The summed E-state index contributed by atoms with van der Waals surface area (Å²) in [6.45, 7) is 2.72. The first-order valence-corrected chi connectivity index (χ1v) is 5.96. The third kappa shape index (κ3) is 2.92. The van der Waals surface area contributed by atoms with Crippen LogP contribution in [0.1, 0.15) is 17.7 Å². The van der Waals surface area contributed by atoms with Crippen LogP contribution in [-0.2, 0) is 11.3 Å². The second kappa shape index (κ2) is 5.07. The highest BCUT2D eigenvalue weighted by Gasteiger charge is 2.13. The molecule has 1 fully saturated rings. The number of piperidine rings is 1. The predicted octanol–water partition coefficient (Wildman–Crippen LogP) is 2.07. The lowest BCUT2D eigenvalue weighted by atomic mass is 10.1. The van der Waals surface area contributed by atoms with Gasteiger partial charge in [-0.1, -0.05) is 11.6 Å². The zero-order chi connectivity index (χ0) is 9.80. The molecular weight excluding hydrogens is 220 g/mol. The van der Waals surface area contributed by atoms with E-state index in [9.17, 15) is 0 Å².